The number of carboxylic acids is 1. The Morgan fingerprint density at radius 3 is 1.18 bits per heavy atom. The van der Waals surface area contributed by atoms with Crippen molar-refractivity contribution in [2.24, 2.45) is 0 Å². The number of para-hydroxylation sites is 2. The molecule has 18 heteroatoms. The van der Waals surface area contributed by atoms with E-state index in [0.717, 1.165) is 74.1 Å². The minimum atomic E-state index is -1.22. The average molecular weight is 2280 g/mol. The van der Waals surface area contributed by atoms with E-state index in [4.69, 9.17) is 25.3 Å². The third kappa shape index (κ3) is 28.8. The van der Waals surface area contributed by atoms with Gasteiger partial charge in [0.05, 0.1) is 22.6 Å². The first-order valence-corrected chi connectivity index (χ1v) is 36.6. The minimum absolute atomic E-state index is 0. The van der Waals surface area contributed by atoms with Crippen LogP contribution in [0.2, 0.25) is 0 Å². The molecule has 15 aromatic rings. The number of allylic oxidation sites excluding steroid dienone is 4. The van der Waals surface area contributed by atoms with Gasteiger partial charge in [-0.1, -0.05) is 231 Å². The molecule has 10 aromatic carbocycles. The van der Waals surface area contributed by atoms with Crippen LogP contribution in [0.4, 0.5) is 13.2 Å². The van der Waals surface area contributed by atoms with Crippen molar-refractivity contribution in [1.29, 1.82) is 0 Å². The average Bonchev–Trinajstić information content (AvgIpc) is 0.780. The molecular weight excluding hydrogens is 2190 g/mol. The number of carbonyl (C=O) groups excluding carboxylic acids is 2. The molecule has 0 aliphatic carbocycles. The largest absolute Gasteiger partial charge is 0.512 e. The van der Waals surface area contributed by atoms with Crippen LogP contribution in [0, 0.1) is 69.4 Å². The molecule has 5 aromatic heterocycles. The maximum atomic E-state index is 15.2. The van der Waals surface area contributed by atoms with Gasteiger partial charge >= 0.3 is 5.97 Å². The second kappa shape index (κ2) is 47.8. The minimum Gasteiger partial charge on any atom is -0.512 e. The molecule has 5 heterocycles. The Bertz CT molecular complexity index is 5840. The molecule has 0 amide bonds. The summed E-state index contributed by atoms with van der Waals surface area (Å²) in [5.41, 5.74) is 21.7. The monoisotopic (exact) mass is 2280 g/mol. The van der Waals surface area contributed by atoms with Crippen molar-refractivity contribution < 1.29 is 123 Å². The number of halogens is 3. The van der Waals surface area contributed by atoms with E-state index in [1.807, 2.05) is 110 Å². The van der Waals surface area contributed by atoms with Gasteiger partial charge in [0.1, 0.15) is 5.82 Å². The second-order valence-corrected chi connectivity index (χ2v) is 27.6. The molecular formula is C100H86F3Ir4N5O6-4. The molecule has 0 saturated carbocycles. The van der Waals surface area contributed by atoms with E-state index in [9.17, 15) is 23.2 Å². The molecule has 11 nitrogen and oxygen atoms in total. The van der Waals surface area contributed by atoms with Crippen molar-refractivity contribution in [1.82, 2.24) is 24.9 Å². The topological polar surface area (TPSA) is 176 Å². The zero-order valence-electron chi connectivity index (χ0n) is 66.6. The number of ketones is 2. The number of hydrogen-bond donors (Lipinski definition) is 3. The van der Waals surface area contributed by atoms with Gasteiger partial charge in [0.25, 0.3) is 0 Å². The first-order valence-electron chi connectivity index (χ1n) is 36.6. The Balaban J connectivity index is 0.000000254. The van der Waals surface area contributed by atoms with Gasteiger partial charge in [0.15, 0.2) is 17.3 Å². The number of aromatic carboxylic acids is 1. The number of nitrogens with zero attached hydrogens (tertiary/aromatic N) is 5. The van der Waals surface area contributed by atoms with E-state index in [0.29, 0.717) is 11.3 Å². The summed E-state index contributed by atoms with van der Waals surface area (Å²) in [6, 6.07) is 101. The zero-order chi connectivity index (χ0) is 81.8. The van der Waals surface area contributed by atoms with E-state index >= 15 is 4.39 Å². The predicted molar refractivity (Wildman–Crippen MR) is 454 cm³/mol. The Morgan fingerprint density at radius 2 is 0.788 bits per heavy atom. The van der Waals surface area contributed by atoms with Crippen LogP contribution in [-0.2, 0) is 95.4 Å². The maximum absolute atomic E-state index is 15.2. The number of rotatable bonds is 11. The van der Waals surface area contributed by atoms with Crippen molar-refractivity contribution in [2.75, 3.05) is 0 Å². The van der Waals surface area contributed by atoms with Gasteiger partial charge in [-0.15, -0.1) is 118 Å². The van der Waals surface area contributed by atoms with E-state index in [-0.39, 0.29) is 126 Å². The van der Waals surface area contributed by atoms with Crippen LogP contribution < -0.4 is 0 Å². The van der Waals surface area contributed by atoms with Crippen LogP contribution in [0.3, 0.4) is 0 Å². The van der Waals surface area contributed by atoms with Crippen molar-refractivity contribution in [3.05, 3.63) is 390 Å². The molecule has 15 rings (SSSR count). The molecule has 0 fully saturated rings. The zero-order valence-corrected chi connectivity index (χ0v) is 76.2. The summed E-state index contributed by atoms with van der Waals surface area (Å²) < 4.78 is 41.7. The second-order valence-electron chi connectivity index (χ2n) is 27.6. The Hall–Kier alpha value is -11.3. The Labute approximate surface area is 742 Å². The SMILES string of the molecule is CC(=O)C=C(C)O.CC(=O)C=C(C)O.Cc1cc(C(C)(C)C)cnc1-c1[c-]ccc(-c2ccccc2)c1.Cc1cc2ccccc2nc1-c1[c-]cc(F)c(-c2ccccc2)c1F.Cc1cc2ccccc2nc1-c1[c-]ccc(-c2ccccc2)c1.Cc1cccnc1-c1[c-]ccc(-c2ccccc2)c1.O=C(O)c1cc(F)ccn1.[Ir].[Ir].[Ir].[Ir]. The summed E-state index contributed by atoms with van der Waals surface area (Å²) in [5, 5.41) is 27.2. The number of aliphatic hydroxyl groups is 2. The molecule has 0 bridgehead atoms. The van der Waals surface area contributed by atoms with Crippen LogP contribution in [0.1, 0.15) is 86.8 Å². The summed E-state index contributed by atoms with van der Waals surface area (Å²) >= 11 is 0. The van der Waals surface area contributed by atoms with Gasteiger partial charge in [-0.3, -0.25) is 28.3 Å². The van der Waals surface area contributed by atoms with Gasteiger partial charge in [0, 0.05) is 129 Å². The van der Waals surface area contributed by atoms with E-state index < -0.39 is 23.4 Å². The molecule has 0 saturated heterocycles. The molecule has 4 radical (unpaired) electrons. The number of aliphatic hydroxyl groups excluding tert-OH is 2. The number of carbonyl (C=O) groups is 3. The van der Waals surface area contributed by atoms with Gasteiger partial charge in [-0.25, -0.2) is 14.2 Å². The van der Waals surface area contributed by atoms with Crippen LogP contribution in [-0.4, -0.2) is 57.8 Å². The van der Waals surface area contributed by atoms with Crippen molar-refractivity contribution in [3.63, 3.8) is 0 Å². The maximum Gasteiger partial charge on any atom is 0.354 e. The summed E-state index contributed by atoms with van der Waals surface area (Å²) in [4.78, 5) is 52.2. The third-order valence-electron chi connectivity index (χ3n) is 17.4. The van der Waals surface area contributed by atoms with Crippen molar-refractivity contribution in [2.45, 2.75) is 81.6 Å². The number of pyridine rings is 5. The van der Waals surface area contributed by atoms with Crippen LogP contribution in [0.25, 0.3) is 111 Å². The fraction of sp³-hybridized carbons (Fsp3) is 0.120. The smallest absolute Gasteiger partial charge is 0.354 e. The molecule has 0 unspecified atom stereocenters. The van der Waals surface area contributed by atoms with Crippen LogP contribution in [0.5, 0.6) is 0 Å². The summed E-state index contributed by atoms with van der Waals surface area (Å²) in [5.74, 6) is -3.21. The molecule has 0 aliphatic heterocycles. The van der Waals surface area contributed by atoms with E-state index in [2.05, 4.69) is 220 Å². The number of hydrogen-bond acceptors (Lipinski definition) is 10. The Morgan fingerprint density at radius 1 is 0.390 bits per heavy atom. The van der Waals surface area contributed by atoms with Gasteiger partial charge in [-0.05, 0) is 152 Å². The molecule has 0 aliphatic rings. The fourth-order valence-corrected chi connectivity index (χ4v) is 11.9. The number of benzene rings is 10. The van der Waals surface area contributed by atoms with Gasteiger partial charge < -0.3 is 25.3 Å². The standard InChI is InChI=1S/C22H14F2N.C22H16N.C22H22N.C18H14N.C6H4FNO2.2C5H8O2.4Ir/c1-14-13-16-9-5-6-10-19(16)25-22(14)17-11-12-18(23)20(21(17)24)15-7-3-2-4-8-15;1-16-14-19-10-5-6-13-21(19)23-22(16)20-12-7-11-18(15-20)17-8-3-2-4-9-17;1-16-13-20(22(2,3)4)15-23-21(16)19-12-8-11-18(14-19)17-9-6-5-7-10-17;1-14-7-6-12-19-18(14)17-11-5-10-16(13-17)15-8-3-2-4-9-15;7-4-1-2-8-5(3-4)6(9)10;2*1-4(6)3-5(2)7;;;;/h2-10,12-13H,1H3;2-11,13-15H,1H3;5-11,13-15H,1-4H3;2-10,12-13H,1H3;1-3H,(H,9,10);2*3,6H,1-2H3;;;;/q4*-1;;;;;;;. The summed E-state index contributed by atoms with van der Waals surface area (Å²) in [6.45, 7) is 20.5. The van der Waals surface area contributed by atoms with Gasteiger partial charge in [-0.2, -0.15) is 0 Å². The van der Waals surface area contributed by atoms with Crippen molar-refractivity contribution >= 4 is 39.3 Å². The summed E-state index contributed by atoms with van der Waals surface area (Å²) in [6.07, 6.45) is 7.26. The molecule has 608 valence electrons. The number of aromatic nitrogens is 5. The van der Waals surface area contributed by atoms with Gasteiger partial charge in [0.2, 0.25) is 0 Å². The fourth-order valence-electron chi connectivity index (χ4n) is 11.9. The first kappa shape index (κ1) is 97.3. The van der Waals surface area contributed by atoms with E-state index in [1.54, 1.807) is 24.3 Å². The molecule has 0 atom stereocenters. The predicted octanol–water partition coefficient (Wildman–Crippen LogP) is 25.0. The van der Waals surface area contributed by atoms with E-state index in [1.165, 1.54) is 107 Å². The Kier molecular flexibility index (Phi) is 39.5. The van der Waals surface area contributed by atoms with Crippen molar-refractivity contribution in [3.8, 4) is 89.5 Å². The third-order valence-corrected chi connectivity index (χ3v) is 17.4. The number of carboxylic acid groups (broad SMARTS) is 1. The molecule has 118 heavy (non-hydrogen) atoms. The quantitative estimate of drug-likeness (QED) is 0.0638. The number of aryl methyl sites for hydroxylation is 4. The van der Waals surface area contributed by atoms with Crippen LogP contribution in [0.15, 0.2) is 315 Å². The molecule has 3 N–H and O–H groups in total. The normalized spacial score (nSPS) is 10.5. The summed E-state index contributed by atoms with van der Waals surface area (Å²) in [7, 11) is 0. The first-order chi connectivity index (χ1) is 54.7. The molecule has 0 spiro atoms. The number of fused-ring (bicyclic) bond motifs is 2. The van der Waals surface area contributed by atoms with Crippen LogP contribution >= 0.6 is 0 Å².